The third-order valence-corrected chi connectivity index (χ3v) is 4.38. The number of aromatic carboxylic acids is 1. The first kappa shape index (κ1) is 14.0. The highest BCUT2D eigenvalue weighted by molar-refractivity contribution is 9.10. The molecule has 0 radical (unpaired) electrons. The molecule has 0 amide bonds. The molecule has 0 aliphatic heterocycles. The lowest BCUT2D eigenvalue weighted by Crippen LogP contribution is -1.97. The molecule has 0 spiro atoms. The number of nitrogens with zero attached hydrogens (tertiary/aromatic N) is 2. The lowest BCUT2D eigenvalue weighted by Gasteiger charge is -2.05. The van der Waals surface area contributed by atoms with E-state index in [0.29, 0.717) is 5.89 Å². The van der Waals surface area contributed by atoms with Crippen molar-refractivity contribution in [3.8, 4) is 5.69 Å². The molecule has 2 heterocycles. The van der Waals surface area contributed by atoms with Crippen LogP contribution in [-0.4, -0.2) is 20.6 Å². The van der Waals surface area contributed by atoms with E-state index in [0.717, 1.165) is 32.2 Å². The van der Waals surface area contributed by atoms with Crippen LogP contribution in [0.5, 0.6) is 0 Å². The number of benzene rings is 2. The van der Waals surface area contributed by atoms with Crippen LogP contribution in [0.1, 0.15) is 16.2 Å². The molecule has 2 aromatic heterocycles. The number of hydrogen-bond acceptors (Lipinski definition) is 3. The van der Waals surface area contributed by atoms with Crippen LogP contribution in [0.2, 0.25) is 0 Å². The van der Waals surface area contributed by atoms with Crippen LogP contribution < -0.4 is 0 Å². The van der Waals surface area contributed by atoms with Gasteiger partial charge in [-0.15, -0.1) is 0 Å². The molecular weight excluding hydrogens is 360 g/mol. The number of halogens is 1. The van der Waals surface area contributed by atoms with E-state index in [1.807, 2.05) is 29.8 Å². The number of fused-ring (bicyclic) bond motifs is 3. The monoisotopic (exact) mass is 370 g/mol. The van der Waals surface area contributed by atoms with Gasteiger partial charge in [0.05, 0.1) is 11.1 Å². The molecule has 0 bridgehead atoms. The van der Waals surface area contributed by atoms with Gasteiger partial charge >= 0.3 is 5.97 Å². The Hall–Kier alpha value is -2.60. The van der Waals surface area contributed by atoms with Crippen molar-refractivity contribution in [1.82, 2.24) is 9.55 Å². The van der Waals surface area contributed by atoms with Crippen LogP contribution in [-0.2, 0) is 0 Å². The minimum atomic E-state index is -0.935. The van der Waals surface area contributed by atoms with Gasteiger partial charge in [0.15, 0.2) is 11.5 Å². The van der Waals surface area contributed by atoms with Crippen molar-refractivity contribution in [2.24, 2.45) is 0 Å². The summed E-state index contributed by atoms with van der Waals surface area (Å²) in [4.78, 5) is 15.4. The second-order valence-electron chi connectivity index (χ2n) is 5.24. The number of rotatable bonds is 2. The van der Waals surface area contributed by atoms with Crippen molar-refractivity contribution in [1.29, 1.82) is 0 Å². The van der Waals surface area contributed by atoms with Gasteiger partial charge in [0.2, 0.25) is 0 Å². The van der Waals surface area contributed by atoms with E-state index in [1.165, 1.54) is 0 Å². The van der Waals surface area contributed by atoms with E-state index in [2.05, 4.69) is 20.9 Å². The molecule has 1 N–H and O–H groups in total. The van der Waals surface area contributed by atoms with Gasteiger partial charge in [-0.05, 0) is 52.3 Å². The third-order valence-electron chi connectivity index (χ3n) is 3.78. The van der Waals surface area contributed by atoms with Crippen LogP contribution >= 0.6 is 15.9 Å². The summed E-state index contributed by atoms with van der Waals surface area (Å²) in [5.74, 6) is -0.312. The van der Waals surface area contributed by atoms with Gasteiger partial charge in [0.1, 0.15) is 5.52 Å². The van der Waals surface area contributed by atoms with Gasteiger partial charge < -0.3 is 14.1 Å². The maximum absolute atomic E-state index is 11.0. The second-order valence-corrected chi connectivity index (χ2v) is 6.09. The fourth-order valence-corrected chi connectivity index (χ4v) is 3.35. The summed E-state index contributed by atoms with van der Waals surface area (Å²) in [6.45, 7) is 1.82. The fourth-order valence-electron chi connectivity index (χ4n) is 2.76. The Bertz CT molecular complexity index is 1060. The highest BCUT2D eigenvalue weighted by Crippen LogP contribution is 2.34. The van der Waals surface area contributed by atoms with E-state index >= 15 is 0 Å². The summed E-state index contributed by atoms with van der Waals surface area (Å²) in [6, 6.07) is 10.6. The minimum Gasteiger partial charge on any atom is -0.478 e. The van der Waals surface area contributed by atoms with Crippen molar-refractivity contribution < 1.29 is 14.3 Å². The lowest BCUT2D eigenvalue weighted by molar-refractivity contribution is 0.0697. The molecular formula is C17H11BrN2O3. The van der Waals surface area contributed by atoms with Crippen molar-refractivity contribution >= 4 is 43.9 Å². The number of aryl methyl sites for hydroxylation is 1. The van der Waals surface area contributed by atoms with E-state index in [9.17, 15) is 4.79 Å². The van der Waals surface area contributed by atoms with Gasteiger partial charge in [-0.1, -0.05) is 0 Å². The number of carboxylic acids is 1. The summed E-state index contributed by atoms with van der Waals surface area (Å²) in [5, 5.41) is 9.98. The summed E-state index contributed by atoms with van der Waals surface area (Å²) in [5.41, 5.74) is 3.67. The first-order valence-electron chi connectivity index (χ1n) is 6.95. The number of aromatic nitrogens is 2. The summed E-state index contributed by atoms with van der Waals surface area (Å²) < 4.78 is 8.49. The quantitative estimate of drug-likeness (QED) is 0.562. The highest BCUT2D eigenvalue weighted by Gasteiger charge is 2.15. The Labute approximate surface area is 139 Å². The SMILES string of the molecule is Cc1nc2c(ccc3c2c(Br)cn3-c2ccc(C(=O)O)cc2)o1. The van der Waals surface area contributed by atoms with Gasteiger partial charge in [0.25, 0.3) is 0 Å². The Morgan fingerprint density at radius 3 is 2.65 bits per heavy atom. The van der Waals surface area contributed by atoms with Crippen molar-refractivity contribution in [3.63, 3.8) is 0 Å². The average molecular weight is 371 g/mol. The Kier molecular flexibility index (Phi) is 3.02. The molecule has 0 atom stereocenters. The Balaban J connectivity index is 1.97. The Morgan fingerprint density at radius 2 is 1.96 bits per heavy atom. The molecule has 4 rings (SSSR count). The zero-order chi connectivity index (χ0) is 16.1. The number of hydrogen-bond donors (Lipinski definition) is 1. The van der Waals surface area contributed by atoms with Gasteiger partial charge in [-0.3, -0.25) is 0 Å². The zero-order valence-corrected chi connectivity index (χ0v) is 13.7. The van der Waals surface area contributed by atoms with E-state index in [1.54, 1.807) is 24.3 Å². The third kappa shape index (κ3) is 2.14. The Morgan fingerprint density at radius 1 is 1.22 bits per heavy atom. The normalized spacial score (nSPS) is 11.4. The van der Waals surface area contributed by atoms with E-state index in [4.69, 9.17) is 9.52 Å². The average Bonchev–Trinajstić information content (AvgIpc) is 3.06. The van der Waals surface area contributed by atoms with Gasteiger partial charge in [0, 0.05) is 28.7 Å². The minimum absolute atomic E-state index is 0.263. The molecule has 2 aromatic carbocycles. The number of oxazole rings is 1. The molecule has 0 aliphatic carbocycles. The predicted molar refractivity (Wildman–Crippen MR) is 90.2 cm³/mol. The molecule has 6 heteroatoms. The molecule has 0 unspecified atom stereocenters. The molecule has 23 heavy (non-hydrogen) atoms. The zero-order valence-electron chi connectivity index (χ0n) is 12.1. The van der Waals surface area contributed by atoms with Crippen LogP contribution in [0.4, 0.5) is 0 Å². The van der Waals surface area contributed by atoms with Crippen LogP contribution in [0.25, 0.3) is 27.7 Å². The second kappa shape index (κ2) is 4.96. The number of carboxylic acid groups (broad SMARTS) is 1. The van der Waals surface area contributed by atoms with Crippen LogP contribution in [0.15, 0.2) is 51.5 Å². The smallest absolute Gasteiger partial charge is 0.335 e. The van der Waals surface area contributed by atoms with E-state index in [-0.39, 0.29) is 5.56 Å². The van der Waals surface area contributed by atoms with Crippen molar-refractivity contribution in [3.05, 3.63) is 58.5 Å². The van der Waals surface area contributed by atoms with Crippen molar-refractivity contribution in [2.75, 3.05) is 0 Å². The molecule has 4 aromatic rings. The topological polar surface area (TPSA) is 68.3 Å². The summed E-state index contributed by atoms with van der Waals surface area (Å²) >= 11 is 3.59. The largest absolute Gasteiger partial charge is 0.478 e. The molecule has 0 aliphatic rings. The van der Waals surface area contributed by atoms with Gasteiger partial charge in [-0.25, -0.2) is 9.78 Å². The van der Waals surface area contributed by atoms with Crippen LogP contribution in [0, 0.1) is 6.92 Å². The van der Waals surface area contributed by atoms with Crippen molar-refractivity contribution in [2.45, 2.75) is 6.92 Å². The van der Waals surface area contributed by atoms with Gasteiger partial charge in [-0.2, -0.15) is 0 Å². The molecule has 114 valence electrons. The number of carbonyl (C=O) groups is 1. The lowest BCUT2D eigenvalue weighted by atomic mass is 10.2. The maximum atomic E-state index is 11.0. The predicted octanol–water partition coefficient (Wildman–Crippen LogP) is 4.54. The molecule has 0 saturated heterocycles. The molecule has 5 nitrogen and oxygen atoms in total. The maximum Gasteiger partial charge on any atom is 0.335 e. The standard InChI is InChI=1S/C17H11BrN2O3/c1-9-19-16-14(23-9)7-6-13-15(16)12(18)8-20(13)11-4-2-10(3-5-11)17(21)22/h2-8H,1H3,(H,21,22). The fraction of sp³-hybridized carbons (Fsp3) is 0.0588. The first-order chi connectivity index (χ1) is 11.0. The van der Waals surface area contributed by atoms with Crippen LogP contribution in [0.3, 0.4) is 0 Å². The summed E-state index contributed by atoms with van der Waals surface area (Å²) in [6.07, 6.45) is 1.95. The first-order valence-corrected chi connectivity index (χ1v) is 7.74. The van der Waals surface area contributed by atoms with E-state index < -0.39 is 5.97 Å². The highest BCUT2D eigenvalue weighted by atomic mass is 79.9. The summed E-state index contributed by atoms with van der Waals surface area (Å²) in [7, 11) is 0. The molecule has 0 fully saturated rings. The molecule has 0 saturated carbocycles.